The maximum atomic E-state index is 13.9. The topological polar surface area (TPSA) is 47.9 Å². The third kappa shape index (κ3) is 5.75. The summed E-state index contributed by atoms with van der Waals surface area (Å²) in [5, 5.41) is 10.2. The van der Waals surface area contributed by atoms with Crippen LogP contribution in [0.5, 0.6) is 0 Å². The lowest BCUT2D eigenvalue weighted by Gasteiger charge is -2.38. The van der Waals surface area contributed by atoms with Crippen molar-refractivity contribution in [2.75, 3.05) is 31.2 Å². The maximum Gasteiger partial charge on any atom is 0.248 e. The molecule has 2 atom stereocenters. The number of hydrazone groups is 1. The number of carbonyl (C=O) groups excluding carboxylic acids is 1. The second kappa shape index (κ2) is 11.8. The van der Waals surface area contributed by atoms with Gasteiger partial charge in [-0.05, 0) is 82.1 Å². The van der Waals surface area contributed by atoms with E-state index >= 15 is 0 Å². The second-order valence-electron chi connectivity index (χ2n) is 9.99. The highest BCUT2D eigenvalue weighted by atomic mass is 19.1. The van der Waals surface area contributed by atoms with Crippen molar-refractivity contribution < 1.29 is 9.18 Å². The first kappa shape index (κ1) is 25.4. The molecular weight excluding hydrogens is 439 g/mol. The lowest BCUT2D eigenvalue weighted by atomic mass is 9.77. The van der Waals surface area contributed by atoms with Crippen LogP contribution in [0.4, 0.5) is 10.1 Å². The largest absolute Gasteiger partial charge is 0.354 e. The fraction of sp³-hybridized carbons (Fsp3) is 0.517. The minimum Gasteiger partial charge on any atom is -0.354 e. The van der Waals surface area contributed by atoms with Gasteiger partial charge in [0.15, 0.2) is 0 Å². The highest BCUT2D eigenvalue weighted by Crippen LogP contribution is 2.41. The highest BCUT2D eigenvalue weighted by Gasteiger charge is 2.53. The zero-order valence-corrected chi connectivity index (χ0v) is 21.2. The van der Waals surface area contributed by atoms with E-state index in [0.29, 0.717) is 6.54 Å². The summed E-state index contributed by atoms with van der Waals surface area (Å²) in [6.07, 6.45) is 7.69. The summed E-state index contributed by atoms with van der Waals surface area (Å²) in [4.78, 5) is 16.4. The molecule has 2 unspecified atom stereocenters. The molecule has 1 N–H and O–H groups in total. The van der Waals surface area contributed by atoms with Gasteiger partial charge in [0.05, 0.1) is 11.4 Å². The van der Waals surface area contributed by atoms with Gasteiger partial charge in [0.1, 0.15) is 11.4 Å². The van der Waals surface area contributed by atoms with Gasteiger partial charge in [0.25, 0.3) is 0 Å². The molecule has 2 aliphatic heterocycles. The molecule has 0 bridgehead atoms. The molecule has 35 heavy (non-hydrogen) atoms. The standard InChI is InChI=1S/C29H39FN4O/c1-3-4-14-26-27(23-15-17-24(30)18-16-23)32-34(25-12-7-5-8-13-25)29(26,2)28(35)31-19-11-22-33-20-9-6-10-21-33/h5,7-8,12-13,15-18,26H,3-4,6,9-11,14,19-22H2,1-2H3,(H,31,35). The van der Waals surface area contributed by atoms with E-state index in [1.165, 1.54) is 44.5 Å². The molecule has 2 aliphatic rings. The number of hydrogen-bond donors (Lipinski definition) is 1. The maximum absolute atomic E-state index is 13.9. The minimum absolute atomic E-state index is 0.00182. The number of anilines is 1. The van der Waals surface area contributed by atoms with Gasteiger partial charge < -0.3 is 10.2 Å². The molecule has 0 radical (unpaired) electrons. The SMILES string of the molecule is CCCCC1C(c2ccc(F)cc2)=NN(c2ccccc2)C1(C)C(=O)NCCCN1CCCCC1. The second-order valence-corrected chi connectivity index (χ2v) is 9.99. The van der Waals surface area contributed by atoms with Gasteiger partial charge in [0, 0.05) is 12.5 Å². The van der Waals surface area contributed by atoms with Crippen LogP contribution in [-0.4, -0.2) is 48.2 Å². The lowest BCUT2D eigenvalue weighted by molar-refractivity contribution is -0.126. The normalized spacial score (nSPS) is 22.8. The van der Waals surface area contributed by atoms with Crippen molar-refractivity contribution in [3.05, 3.63) is 66.0 Å². The van der Waals surface area contributed by atoms with E-state index in [-0.39, 0.29) is 17.6 Å². The van der Waals surface area contributed by atoms with Crippen molar-refractivity contribution in [2.24, 2.45) is 11.0 Å². The quantitative estimate of drug-likeness (QED) is 0.452. The molecule has 2 aromatic carbocycles. The van der Waals surface area contributed by atoms with E-state index in [4.69, 9.17) is 5.10 Å². The van der Waals surface area contributed by atoms with E-state index in [2.05, 4.69) is 17.1 Å². The molecular formula is C29H39FN4O. The van der Waals surface area contributed by atoms with Gasteiger partial charge in [-0.15, -0.1) is 0 Å². The number of halogens is 1. The first-order valence-corrected chi connectivity index (χ1v) is 13.2. The summed E-state index contributed by atoms with van der Waals surface area (Å²) < 4.78 is 13.7. The number of likely N-dealkylation sites (tertiary alicyclic amines) is 1. The van der Waals surface area contributed by atoms with Gasteiger partial charge in [-0.2, -0.15) is 5.10 Å². The summed E-state index contributed by atoms with van der Waals surface area (Å²) >= 11 is 0. The Bertz CT molecular complexity index is 988. The fourth-order valence-corrected chi connectivity index (χ4v) is 5.42. The molecule has 188 valence electrons. The molecule has 6 heteroatoms. The van der Waals surface area contributed by atoms with Crippen LogP contribution >= 0.6 is 0 Å². The van der Waals surface area contributed by atoms with Crippen molar-refractivity contribution in [1.29, 1.82) is 0 Å². The number of nitrogens with zero attached hydrogens (tertiary/aromatic N) is 3. The van der Waals surface area contributed by atoms with E-state index in [0.717, 1.165) is 49.2 Å². The summed E-state index contributed by atoms with van der Waals surface area (Å²) in [6.45, 7) is 8.19. The van der Waals surface area contributed by atoms with Gasteiger partial charge in [-0.25, -0.2) is 9.40 Å². The number of benzene rings is 2. The monoisotopic (exact) mass is 478 g/mol. The Morgan fingerprint density at radius 3 is 2.46 bits per heavy atom. The Balaban J connectivity index is 1.58. The number of unbranched alkanes of at least 4 members (excludes halogenated alkanes) is 1. The average Bonchev–Trinajstić information content (AvgIpc) is 3.20. The Morgan fingerprint density at radius 1 is 1.06 bits per heavy atom. The van der Waals surface area contributed by atoms with Crippen LogP contribution in [0.15, 0.2) is 59.7 Å². The molecule has 1 fully saturated rings. The van der Waals surface area contributed by atoms with E-state index in [9.17, 15) is 9.18 Å². The average molecular weight is 479 g/mol. The van der Waals surface area contributed by atoms with Gasteiger partial charge in [-0.3, -0.25) is 4.79 Å². The Morgan fingerprint density at radius 2 is 1.77 bits per heavy atom. The Kier molecular flexibility index (Phi) is 8.55. The summed E-state index contributed by atoms with van der Waals surface area (Å²) in [6, 6.07) is 16.4. The summed E-state index contributed by atoms with van der Waals surface area (Å²) in [5.74, 6) is -0.372. The zero-order chi connectivity index (χ0) is 24.7. The van der Waals surface area contributed by atoms with Gasteiger partial charge >= 0.3 is 0 Å². The first-order valence-electron chi connectivity index (χ1n) is 13.2. The van der Waals surface area contributed by atoms with Crippen LogP contribution in [0.3, 0.4) is 0 Å². The molecule has 0 aromatic heterocycles. The van der Waals surface area contributed by atoms with Crippen molar-refractivity contribution in [2.45, 2.75) is 64.3 Å². The van der Waals surface area contributed by atoms with Gasteiger partial charge in [-0.1, -0.05) is 56.5 Å². The minimum atomic E-state index is -0.870. The lowest BCUT2D eigenvalue weighted by Crippen LogP contribution is -2.58. The van der Waals surface area contributed by atoms with Crippen LogP contribution in [0, 0.1) is 11.7 Å². The molecule has 1 amide bonds. The summed E-state index contributed by atoms with van der Waals surface area (Å²) in [5.41, 5.74) is 1.74. The highest BCUT2D eigenvalue weighted by molar-refractivity contribution is 6.10. The number of carbonyl (C=O) groups is 1. The van der Waals surface area contributed by atoms with Gasteiger partial charge in [0.2, 0.25) is 5.91 Å². The number of hydrogen-bond acceptors (Lipinski definition) is 4. The molecule has 1 saturated heterocycles. The van der Waals surface area contributed by atoms with Crippen molar-refractivity contribution in [3.8, 4) is 0 Å². The molecule has 4 rings (SSSR count). The zero-order valence-electron chi connectivity index (χ0n) is 21.2. The number of para-hydroxylation sites is 1. The van der Waals surface area contributed by atoms with Crippen molar-refractivity contribution >= 4 is 17.3 Å². The number of amides is 1. The van der Waals surface area contributed by atoms with Crippen LogP contribution in [0.1, 0.15) is 64.4 Å². The fourth-order valence-electron chi connectivity index (χ4n) is 5.42. The molecule has 0 spiro atoms. The van der Waals surface area contributed by atoms with Crippen molar-refractivity contribution in [1.82, 2.24) is 10.2 Å². The van der Waals surface area contributed by atoms with Crippen LogP contribution in [0.2, 0.25) is 0 Å². The molecule has 2 heterocycles. The predicted octanol–water partition coefficient (Wildman–Crippen LogP) is 5.61. The summed E-state index contributed by atoms with van der Waals surface area (Å²) in [7, 11) is 0. The molecule has 5 nitrogen and oxygen atoms in total. The predicted molar refractivity (Wildman–Crippen MR) is 141 cm³/mol. The van der Waals surface area contributed by atoms with Crippen LogP contribution < -0.4 is 10.3 Å². The molecule has 0 aliphatic carbocycles. The third-order valence-corrected chi connectivity index (χ3v) is 7.49. The van der Waals surface area contributed by atoms with E-state index < -0.39 is 5.54 Å². The third-order valence-electron chi connectivity index (χ3n) is 7.49. The van der Waals surface area contributed by atoms with Crippen LogP contribution in [-0.2, 0) is 4.79 Å². The smallest absolute Gasteiger partial charge is 0.248 e. The Hall–Kier alpha value is -2.73. The molecule has 2 aromatic rings. The first-order chi connectivity index (χ1) is 17.0. The van der Waals surface area contributed by atoms with Crippen LogP contribution in [0.25, 0.3) is 0 Å². The van der Waals surface area contributed by atoms with E-state index in [1.54, 1.807) is 12.1 Å². The number of nitrogens with one attached hydrogen (secondary N) is 1. The number of rotatable bonds is 10. The Labute approximate surface area is 209 Å². The van der Waals surface area contributed by atoms with Crippen molar-refractivity contribution in [3.63, 3.8) is 0 Å². The van der Waals surface area contributed by atoms with E-state index in [1.807, 2.05) is 42.3 Å². The molecule has 0 saturated carbocycles. The number of piperidine rings is 1.